The van der Waals surface area contributed by atoms with Crippen molar-refractivity contribution in [2.75, 3.05) is 19.8 Å². The summed E-state index contributed by atoms with van der Waals surface area (Å²) in [6.07, 6.45) is 8.36. The molecule has 2 aliphatic carbocycles. The average Bonchev–Trinajstić information content (AvgIpc) is 3.25. The van der Waals surface area contributed by atoms with E-state index >= 15 is 0 Å². The minimum Gasteiger partial charge on any atom is -0.469 e. The molecule has 0 spiro atoms. The number of furan rings is 1. The molecule has 22 heavy (non-hydrogen) atoms. The van der Waals surface area contributed by atoms with Crippen LogP contribution < -0.4 is 10.6 Å². The van der Waals surface area contributed by atoms with Gasteiger partial charge in [-0.15, -0.1) is 0 Å². The summed E-state index contributed by atoms with van der Waals surface area (Å²) in [5.41, 5.74) is 0. The zero-order valence-corrected chi connectivity index (χ0v) is 13.1. The highest BCUT2D eigenvalue weighted by atomic mass is 19.1. The Balaban J connectivity index is 1.49. The quantitative estimate of drug-likeness (QED) is 0.463. The first-order valence-electron chi connectivity index (χ1n) is 8.48. The third-order valence-electron chi connectivity index (χ3n) is 4.87. The van der Waals surface area contributed by atoms with Gasteiger partial charge in [0.15, 0.2) is 5.96 Å². The van der Waals surface area contributed by atoms with Gasteiger partial charge in [-0.2, -0.15) is 0 Å². The Morgan fingerprint density at radius 3 is 3.00 bits per heavy atom. The van der Waals surface area contributed by atoms with Crippen LogP contribution in [0.5, 0.6) is 0 Å². The van der Waals surface area contributed by atoms with E-state index in [0.29, 0.717) is 19.0 Å². The third kappa shape index (κ3) is 4.02. The van der Waals surface area contributed by atoms with Gasteiger partial charge in [0.2, 0.25) is 0 Å². The highest BCUT2D eigenvalue weighted by Gasteiger charge is 2.39. The molecule has 2 bridgehead atoms. The Hall–Kier alpha value is -1.52. The first-order valence-corrected chi connectivity index (χ1v) is 8.48. The van der Waals surface area contributed by atoms with Crippen molar-refractivity contribution in [2.45, 2.75) is 44.6 Å². The molecule has 0 aromatic carbocycles. The molecule has 3 atom stereocenters. The van der Waals surface area contributed by atoms with Gasteiger partial charge in [0, 0.05) is 25.6 Å². The second kappa shape index (κ2) is 7.65. The Labute approximate surface area is 131 Å². The van der Waals surface area contributed by atoms with E-state index in [4.69, 9.17) is 4.42 Å². The van der Waals surface area contributed by atoms with Crippen molar-refractivity contribution in [3.63, 3.8) is 0 Å². The van der Waals surface area contributed by atoms with Crippen LogP contribution in [0.3, 0.4) is 0 Å². The van der Waals surface area contributed by atoms with Gasteiger partial charge >= 0.3 is 0 Å². The van der Waals surface area contributed by atoms with E-state index in [1.54, 1.807) is 6.26 Å². The smallest absolute Gasteiger partial charge is 0.191 e. The van der Waals surface area contributed by atoms with Gasteiger partial charge in [0.25, 0.3) is 0 Å². The Bertz CT molecular complexity index is 474. The molecule has 4 nitrogen and oxygen atoms in total. The molecule has 0 aliphatic heterocycles. The molecule has 0 amide bonds. The molecule has 1 aromatic rings. The van der Waals surface area contributed by atoms with Crippen molar-refractivity contribution in [3.05, 3.63) is 24.2 Å². The molecule has 1 aromatic heterocycles. The summed E-state index contributed by atoms with van der Waals surface area (Å²) in [5, 5.41) is 6.93. The van der Waals surface area contributed by atoms with Crippen LogP contribution in [-0.4, -0.2) is 31.8 Å². The molecule has 3 unspecified atom stereocenters. The normalized spacial score (nSPS) is 27.3. The van der Waals surface area contributed by atoms with Gasteiger partial charge in [-0.1, -0.05) is 6.42 Å². The average molecular weight is 307 g/mol. The lowest BCUT2D eigenvalue weighted by Gasteiger charge is -2.25. The summed E-state index contributed by atoms with van der Waals surface area (Å²) >= 11 is 0. The van der Waals surface area contributed by atoms with Crippen molar-refractivity contribution in [1.82, 2.24) is 10.6 Å². The number of alkyl halides is 1. The number of nitrogens with one attached hydrogen (secondary N) is 2. The molecule has 2 saturated carbocycles. The summed E-state index contributed by atoms with van der Waals surface area (Å²) in [4.78, 5) is 4.50. The molecule has 0 saturated heterocycles. The van der Waals surface area contributed by atoms with Crippen LogP contribution in [-0.2, 0) is 6.42 Å². The molecule has 2 fully saturated rings. The van der Waals surface area contributed by atoms with Crippen LogP contribution in [0.1, 0.15) is 37.9 Å². The molecule has 0 radical (unpaired) electrons. The first kappa shape index (κ1) is 15.4. The maximum atomic E-state index is 12.3. The monoisotopic (exact) mass is 307 g/mol. The number of nitrogens with zero attached hydrogens (tertiary/aromatic N) is 1. The van der Waals surface area contributed by atoms with Crippen LogP contribution in [0, 0.1) is 11.8 Å². The van der Waals surface area contributed by atoms with Crippen molar-refractivity contribution in [1.29, 1.82) is 0 Å². The van der Waals surface area contributed by atoms with Gasteiger partial charge in [0.1, 0.15) is 5.76 Å². The molecular weight excluding hydrogens is 281 g/mol. The van der Waals surface area contributed by atoms with Crippen molar-refractivity contribution in [2.24, 2.45) is 16.8 Å². The fraction of sp³-hybridized carbons (Fsp3) is 0.706. The maximum absolute atomic E-state index is 12.3. The van der Waals surface area contributed by atoms with Crippen LogP contribution in [0.4, 0.5) is 4.39 Å². The molecule has 1 heterocycles. The van der Waals surface area contributed by atoms with Crippen LogP contribution >= 0.6 is 0 Å². The zero-order chi connectivity index (χ0) is 15.2. The lowest BCUT2D eigenvalue weighted by molar-refractivity contribution is 0.386. The molecule has 3 rings (SSSR count). The SMILES string of the molecule is FCCCN=C(NCCc1ccco1)NC1CC2CCC1C2. The molecule has 2 aliphatic rings. The molecule has 2 N–H and O–H groups in total. The summed E-state index contributed by atoms with van der Waals surface area (Å²) < 4.78 is 17.6. The van der Waals surface area contributed by atoms with Gasteiger partial charge in [0.05, 0.1) is 12.9 Å². The summed E-state index contributed by atoms with van der Waals surface area (Å²) in [7, 11) is 0. The molecular formula is C17H26FN3O. The number of hydrogen-bond donors (Lipinski definition) is 2. The van der Waals surface area contributed by atoms with Crippen LogP contribution in [0.25, 0.3) is 0 Å². The van der Waals surface area contributed by atoms with E-state index in [-0.39, 0.29) is 6.67 Å². The van der Waals surface area contributed by atoms with E-state index < -0.39 is 0 Å². The number of rotatable bonds is 7. The standard InChI is InChI=1S/C17H26FN3O/c18-7-2-8-19-17(20-9-6-15-3-1-10-22-15)21-16-12-13-4-5-14(16)11-13/h1,3,10,13-14,16H,2,4-9,11-12H2,(H2,19,20,21). The fourth-order valence-corrected chi connectivity index (χ4v) is 3.76. The van der Waals surface area contributed by atoms with E-state index in [2.05, 4.69) is 15.6 Å². The van der Waals surface area contributed by atoms with E-state index in [1.165, 1.54) is 25.7 Å². The van der Waals surface area contributed by atoms with Crippen LogP contribution in [0.15, 0.2) is 27.8 Å². The van der Waals surface area contributed by atoms with E-state index in [9.17, 15) is 4.39 Å². The molecule has 5 heteroatoms. The number of guanidine groups is 1. The van der Waals surface area contributed by atoms with Crippen molar-refractivity contribution < 1.29 is 8.81 Å². The second-order valence-corrected chi connectivity index (χ2v) is 6.45. The van der Waals surface area contributed by atoms with E-state index in [0.717, 1.165) is 36.5 Å². The first-order chi connectivity index (χ1) is 10.8. The Kier molecular flexibility index (Phi) is 5.35. The summed E-state index contributed by atoms with van der Waals surface area (Å²) in [6, 6.07) is 4.42. The topological polar surface area (TPSA) is 49.6 Å². The van der Waals surface area contributed by atoms with Gasteiger partial charge < -0.3 is 15.1 Å². The Morgan fingerprint density at radius 2 is 2.32 bits per heavy atom. The van der Waals surface area contributed by atoms with Gasteiger partial charge in [-0.05, 0) is 49.7 Å². The van der Waals surface area contributed by atoms with Crippen LogP contribution in [0.2, 0.25) is 0 Å². The minimum atomic E-state index is -0.308. The summed E-state index contributed by atoms with van der Waals surface area (Å²) in [6.45, 7) is 1.00. The fourth-order valence-electron chi connectivity index (χ4n) is 3.76. The minimum absolute atomic E-state index is 0.308. The number of halogens is 1. The predicted molar refractivity (Wildman–Crippen MR) is 85.7 cm³/mol. The summed E-state index contributed by atoms with van der Waals surface area (Å²) in [5.74, 6) is 3.49. The number of fused-ring (bicyclic) bond motifs is 2. The Morgan fingerprint density at radius 1 is 1.36 bits per heavy atom. The van der Waals surface area contributed by atoms with E-state index in [1.807, 2.05) is 12.1 Å². The second-order valence-electron chi connectivity index (χ2n) is 6.45. The van der Waals surface area contributed by atoms with Gasteiger partial charge in [-0.3, -0.25) is 9.38 Å². The number of hydrogen-bond acceptors (Lipinski definition) is 2. The highest BCUT2D eigenvalue weighted by molar-refractivity contribution is 5.80. The number of aliphatic imine (C=N–C) groups is 1. The predicted octanol–water partition coefficient (Wildman–Crippen LogP) is 2.91. The van der Waals surface area contributed by atoms with Crippen molar-refractivity contribution in [3.8, 4) is 0 Å². The maximum Gasteiger partial charge on any atom is 0.191 e. The highest BCUT2D eigenvalue weighted by Crippen LogP contribution is 2.44. The largest absolute Gasteiger partial charge is 0.469 e. The van der Waals surface area contributed by atoms with Gasteiger partial charge in [-0.25, -0.2) is 0 Å². The molecule has 122 valence electrons. The zero-order valence-electron chi connectivity index (χ0n) is 13.1. The third-order valence-corrected chi connectivity index (χ3v) is 4.87. The lowest BCUT2D eigenvalue weighted by Crippen LogP contribution is -2.46. The lowest BCUT2D eigenvalue weighted by atomic mass is 9.95. The van der Waals surface area contributed by atoms with Crippen molar-refractivity contribution >= 4 is 5.96 Å².